The van der Waals surface area contributed by atoms with E-state index in [-0.39, 0.29) is 11.3 Å². The van der Waals surface area contributed by atoms with Crippen LogP contribution in [0, 0.1) is 12.7 Å². The molecule has 1 heterocycles. The Bertz CT molecular complexity index is 599. The molecule has 2 aromatic rings. The van der Waals surface area contributed by atoms with Crippen LogP contribution in [0.15, 0.2) is 36.5 Å². The molecule has 4 nitrogen and oxygen atoms in total. The van der Waals surface area contributed by atoms with Crippen LogP contribution in [0.3, 0.4) is 0 Å². The van der Waals surface area contributed by atoms with Crippen LogP contribution in [-0.4, -0.2) is 16.1 Å². The lowest BCUT2D eigenvalue weighted by molar-refractivity contribution is 0.0692. The predicted molar refractivity (Wildman–Crippen MR) is 62.4 cm³/mol. The lowest BCUT2D eigenvalue weighted by Crippen LogP contribution is -2.00. The molecule has 0 radical (unpaired) electrons. The van der Waals surface area contributed by atoms with Gasteiger partial charge in [0, 0.05) is 18.3 Å². The summed E-state index contributed by atoms with van der Waals surface area (Å²) in [6, 6.07) is 7.07. The second kappa shape index (κ2) is 4.83. The number of nitrogens with zero attached hydrogens (tertiary/aromatic N) is 1. The van der Waals surface area contributed by atoms with E-state index in [1.165, 1.54) is 6.07 Å². The molecule has 1 aromatic heterocycles. The third-order valence-electron chi connectivity index (χ3n) is 2.28. The van der Waals surface area contributed by atoms with E-state index in [1.807, 2.05) is 6.92 Å². The van der Waals surface area contributed by atoms with Crippen LogP contribution in [-0.2, 0) is 0 Å². The summed E-state index contributed by atoms with van der Waals surface area (Å²) in [6.45, 7) is 1.88. The fourth-order valence-corrected chi connectivity index (χ4v) is 1.42. The number of ether oxygens (including phenoxy) is 1. The van der Waals surface area contributed by atoms with E-state index < -0.39 is 11.8 Å². The van der Waals surface area contributed by atoms with Gasteiger partial charge in [-0.1, -0.05) is 0 Å². The third-order valence-corrected chi connectivity index (χ3v) is 2.28. The number of benzene rings is 1. The molecule has 0 aliphatic carbocycles. The monoisotopic (exact) mass is 247 g/mol. The van der Waals surface area contributed by atoms with E-state index in [4.69, 9.17) is 9.84 Å². The number of aromatic carboxylic acids is 1. The van der Waals surface area contributed by atoms with E-state index >= 15 is 0 Å². The number of hydrogen-bond donors (Lipinski definition) is 1. The maximum Gasteiger partial charge on any atom is 0.338 e. The highest BCUT2D eigenvalue weighted by molar-refractivity contribution is 5.88. The fourth-order valence-electron chi connectivity index (χ4n) is 1.42. The average Bonchev–Trinajstić information content (AvgIpc) is 2.28. The van der Waals surface area contributed by atoms with Gasteiger partial charge in [-0.05, 0) is 30.7 Å². The van der Waals surface area contributed by atoms with E-state index in [2.05, 4.69) is 4.98 Å². The summed E-state index contributed by atoms with van der Waals surface area (Å²) in [4.78, 5) is 14.6. The highest BCUT2D eigenvalue weighted by Crippen LogP contribution is 2.22. The molecule has 0 unspecified atom stereocenters. The van der Waals surface area contributed by atoms with Crippen LogP contribution in [0.1, 0.15) is 15.9 Å². The lowest BCUT2D eigenvalue weighted by atomic mass is 10.2. The molecule has 0 atom stereocenters. The van der Waals surface area contributed by atoms with Gasteiger partial charge in [-0.15, -0.1) is 0 Å². The first-order chi connectivity index (χ1) is 8.56. The minimum atomic E-state index is -1.31. The Morgan fingerprint density at radius 3 is 2.72 bits per heavy atom. The molecule has 2 rings (SSSR count). The van der Waals surface area contributed by atoms with Crippen LogP contribution < -0.4 is 4.74 Å². The zero-order valence-corrected chi connectivity index (χ0v) is 9.55. The Morgan fingerprint density at radius 1 is 1.33 bits per heavy atom. The summed E-state index contributed by atoms with van der Waals surface area (Å²) in [5, 5.41) is 8.69. The normalized spacial score (nSPS) is 10.1. The first-order valence-electron chi connectivity index (χ1n) is 5.19. The predicted octanol–water partition coefficient (Wildman–Crippen LogP) is 3.02. The van der Waals surface area contributed by atoms with Gasteiger partial charge in [-0.3, -0.25) is 0 Å². The van der Waals surface area contributed by atoms with Crippen molar-refractivity contribution in [2.24, 2.45) is 0 Å². The first kappa shape index (κ1) is 12.0. The van der Waals surface area contributed by atoms with Crippen molar-refractivity contribution in [3.8, 4) is 11.6 Å². The largest absolute Gasteiger partial charge is 0.478 e. The summed E-state index contributed by atoms with van der Waals surface area (Å²) in [7, 11) is 0. The lowest BCUT2D eigenvalue weighted by Gasteiger charge is -2.06. The Balaban J connectivity index is 2.25. The summed E-state index contributed by atoms with van der Waals surface area (Å²) in [5.74, 6) is -1.62. The Morgan fingerprint density at radius 2 is 2.11 bits per heavy atom. The van der Waals surface area contributed by atoms with Gasteiger partial charge in [0.15, 0.2) is 0 Å². The fraction of sp³-hybridized carbons (Fsp3) is 0.0769. The number of carboxylic acids is 1. The van der Waals surface area contributed by atoms with Crippen LogP contribution in [0.25, 0.3) is 0 Å². The van der Waals surface area contributed by atoms with E-state index in [0.29, 0.717) is 5.88 Å². The summed E-state index contributed by atoms with van der Waals surface area (Å²) < 4.78 is 18.7. The molecule has 0 saturated carbocycles. The molecule has 0 fully saturated rings. The SMILES string of the molecule is Cc1ccnc(Oc2ccc(C(=O)O)c(F)c2)c1. The number of rotatable bonds is 3. The molecular formula is C13H10FNO3. The van der Waals surface area contributed by atoms with Crippen molar-refractivity contribution in [2.75, 3.05) is 0 Å². The second-order valence-corrected chi connectivity index (χ2v) is 3.72. The second-order valence-electron chi connectivity index (χ2n) is 3.72. The molecule has 0 aliphatic rings. The van der Waals surface area contributed by atoms with Gasteiger partial charge in [-0.25, -0.2) is 14.2 Å². The quantitative estimate of drug-likeness (QED) is 0.905. The maximum absolute atomic E-state index is 13.4. The molecule has 0 spiro atoms. The molecule has 92 valence electrons. The molecule has 1 aromatic carbocycles. The number of pyridine rings is 1. The third kappa shape index (κ3) is 2.63. The van der Waals surface area contributed by atoms with Gasteiger partial charge >= 0.3 is 5.97 Å². The summed E-state index contributed by atoms with van der Waals surface area (Å²) in [5.41, 5.74) is 0.571. The van der Waals surface area contributed by atoms with E-state index in [0.717, 1.165) is 17.7 Å². The summed E-state index contributed by atoms with van der Waals surface area (Å²) in [6.07, 6.45) is 1.58. The van der Waals surface area contributed by atoms with Crippen molar-refractivity contribution in [2.45, 2.75) is 6.92 Å². The van der Waals surface area contributed by atoms with Crippen molar-refractivity contribution in [1.29, 1.82) is 0 Å². The van der Waals surface area contributed by atoms with E-state index in [1.54, 1.807) is 18.3 Å². The number of hydrogen-bond acceptors (Lipinski definition) is 3. The number of halogens is 1. The van der Waals surface area contributed by atoms with Crippen molar-refractivity contribution >= 4 is 5.97 Å². The Labute approximate surface area is 103 Å². The van der Waals surface area contributed by atoms with Crippen molar-refractivity contribution in [1.82, 2.24) is 4.98 Å². The van der Waals surface area contributed by atoms with Gasteiger partial charge in [-0.2, -0.15) is 0 Å². The Kier molecular flexibility index (Phi) is 3.23. The maximum atomic E-state index is 13.4. The minimum Gasteiger partial charge on any atom is -0.478 e. The van der Waals surface area contributed by atoms with Crippen LogP contribution >= 0.6 is 0 Å². The molecular weight excluding hydrogens is 237 g/mol. The van der Waals surface area contributed by atoms with Gasteiger partial charge in [0.1, 0.15) is 11.6 Å². The number of carboxylic acid groups (broad SMARTS) is 1. The molecule has 5 heteroatoms. The minimum absolute atomic E-state index is 0.204. The smallest absolute Gasteiger partial charge is 0.338 e. The standard InChI is InChI=1S/C13H10FNO3/c1-8-4-5-15-12(6-8)18-9-2-3-10(13(16)17)11(14)7-9/h2-7H,1H3,(H,16,17). The number of carbonyl (C=O) groups is 1. The highest BCUT2D eigenvalue weighted by atomic mass is 19.1. The number of aromatic nitrogens is 1. The van der Waals surface area contributed by atoms with Crippen LogP contribution in [0.4, 0.5) is 4.39 Å². The topological polar surface area (TPSA) is 59.4 Å². The molecule has 0 bridgehead atoms. The van der Waals surface area contributed by atoms with E-state index in [9.17, 15) is 9.18 Å². The van der Waals surface area contributed by atoms with Crippen molar-refractivity contribution in [3.63, 3.8) is 0 Å². The van der Waals surface area contributed by atoms with Gasteiger partial charge in [0.25, 0.3) is 0 Å². The van der Waals surface area contributed by atoms with Crippen molar-refractivity contribution in [3.05, 3.63) is 53.5 Å². The molecule has 0 aliphatic heterocycles. The van der Waals surface area contributed by atoms with Gasteiger partial charge < -0.3 is 9.84 Å². The van der Waals surface area contributed by atoms with Gasteiger partial charge in [0.05, 0.1) is 5.56 Å². The van der Waals surface area contributed by atoms with Crippen LogP contribution in [0.5, 0.6) is 11.6 Å². The molecule has 0 saturated heterocycles. The molecule has 1 N–H and O–H groups in total. The zero-order valence-electron chi connectivity index (χ0n) is 9.55. The zero-order chi connectivity index (χ0) is 13.1. The molecule has 0 amide bonds. The Hall–Kier alpha value is -2.43. The average molecular weight is 247 g/mol. The van der Waals surface area contributed by atoms with Crippen molar-refractivity contribution < 1.29 is 19.0 Å². The first-order valence-corrected chi connectivity index (χ1v) is 5.19. The highest BCUT2D eigenvalue weighted by Gasteiger charge is 2.11. The van der Waals surface area contributed by atoms with Crippen LogP contribution in [0.2, 0.25) is 0 Å². The molecule has 18 heavy (non-hydrogen) atoms. The van der Waals surface area contributed by atoms with Gasteiger partial charge in [0.2, 0.25) is 5.88 Å². The number of aryl methyl sites for hydroxylation is 1. The summed E-state index contributed by atoms with van der Waals surface area (Å²) >= 11 is 0.